The van der Waals surface area contributed by atoms with Crippen molar-refractivity contribution in [3.8, 4) is 39.1 Å². The molecule has 8 aromatic carbocycles. The van der Waals surface area contributed by atoms with E-state index in [0.717, 1.165) is 33.1 Å². The van der Waals surface area contributed by atoms with E-state index in [-0.39, 0.29) is 0 Å². The smallest absolute Gasteiger partial charge is 0.154 e. The van der Waals surface area contributed by atoms with E-state index in [1.807, 2.05) is 28.8 Å². The van der Waals surface area contributed by atoms with Gasteiger partial charge in [-0.2, -0.15) is 0 Å². The second-order valence-electron chi connectivity index (χ2n) is 16.5. The van der Waals surface area contributed by atoms with Gasteiger partial charge in [-0.25, -0.2) is 4.98 Å². The minimum atomic E-state index is -1.62. The molecule has 0 radical (unpaired) electrons. The molecule has 1 unspecified atom stereocenters. The average Bonchev–Trinajstić information content (AvgIpc) is 3.61. The van der Waals surface area contributed by atoms with Gasteiger partial charge in [0.1, 0.15) is 66.2 Å². The maximum atomic E-state index is 11.7. The zero-order valence-corrected chi connectivity index (χ0v) is 34.0. The minimum Gasteiger partial charge on any atom is -0.405 e. The van der Waals surface area contributed by atoms with Crippen LogP contribution in [-0.4, -0.2) is 87.9 Å². The minimum absolute atomic E-state index is 0.393. The molecule has 0 aliphatic carbocycles. The second kappa shape index (κ2) is 13.5. The van der Waals surface area contributed by atoms with Crippen LogP contribution in [0.4, 0.5) is 0 Å². The summed E-state index contributed by atoms with van der Waals surface area (Å²) in [4.78, 5) is 4.84. The third-order valence-corrected chi connectivity index (χ3v) is 13.0. The number of fused-ring (bicyclic) bond motifs is 4. The quantitative estimate of drug-likeness (QED) is 0.162. The Kier molecular flexibility index (Phi) is 8.80. The molecule has 0 bridgehead atoms. The van der Waals surface area contributed by atoms with Gasteiger partial charge in [0.05, 0.1) is 11.0 Å². The van der Waals surface area contributed by atoms with E-state index >= 15 is 0 Å². The lowest BCUT2D eigenvalue weighted by atomic mass is 9.49. The maximum absolute atomic E-state index is 11.7. The fraction of sp³-hybridized carbons (Fsp3) is 0.0444. The summed E-state index contributed by atoms with van der Waals surface area (Å²) >= 11 is 0. The third kappa shape index (κ3) is 5.75. The molecule has 0 fully saturated rings. The van der Waals surface area contributed by atoms with Crippen LogP contribution >= 0.6 is 0 Å². The Hall–Kier alpha value is -5.55. The molecular formula is C45H40B8N2O2. The molecule has 0 aliphatic heterocycles. The Morgan fingerprint density at radius 2 is 0.947 bits per heavy atom. The topological polar surface area (TPSA) is 58.3 Å². The summed E-state index contributed by atoms with van der Waals surface area (Å²) in [6.45, 7) is 0. The van der Waals surface area contributed by atoms with Gasteiger partial charge in [0.2, 0.25) is 0 Å². The van der Waals surface area contributed by atoms with E-state index in [0.29, 0.717) is 5.82 Å². The Balaban J connectivity index is 1.25. The van der Waals surface area contributed by atoms with Gasteiger partial charge >= 0.3 is 0 Å². The van der Waals surface area contributed by atoms with Crippen molar-refractivity contribution in [3.05, 3.63) is 139 Å². The predicted molar refractivity (Wildman–Crippen MR) is 265 cm³/mol. The fourth-order valence-corrected chi connectivity index (χ4v) is 8.97. The molecule has 9 aromatic rings. The van der Waals surface area contributed by atoms with Crippen molar-refractivity contribution in [2.45, 2.75) is 10.9 Å². The van der Waals surface area contributed by atoms with Crippen LogP contribution in [0.25, 0.3) is 82.4 Å². The number of imidazole rings is 1. The molecule has 4 nitrogen and oxygen atoms in total. The van der Waals surface area contributed by atoms with Crippen molar-refractivity contribution < 1.29 is 10.2 Å². The number of nitrogens with zero attached hydrogens (tertiary/aromatic N) is 2. The maximum Gasteiger partial charge on any atom is 0.154 e. The fourth-order valence-electron chi connectivity index (χ4n) is 8.97. The normalized spacial score (nSPS) is 13.1. The molecule has 0 spiro atoms. The lowest BCUT2D eigenvalue weighted by molar-refractivity contribution is -0.00426. The van der Waals surface area contributed by atoms with E-state index in [1.54, 1.807) is 23.5 Å². The highest BCUT2D eigenvalue weighted by molar-refractivity contribution is 6.68. The first kappa shape index (κ1) is 37.1. The summed E-state index contributed by atoms with van der Waals surface area (Å²) in [6.07, 6.45) is 0. The summed E-state index contributed by atoms with van der Waals surface area (Å²) in [5, 5.41) is 28.4. The van der Waals surface area contributed by atoms with Crippen LogP contribution in [0.2, 0.25) is 0 Å². The highest BCUT2D eigenvalue weighted by atomic mass is 16.3. The molecule has 0 amide bonds. The van der Waals surface area contributed by atoms with Gasteiger partial charge in [-0.05, 0) is 96.0 Å². The van der Waals surface area contributed by atoms with Crippen molar-refractivity contribution in [1.29, 1.82) is 0 Å². The van der Waals surface area contributed by atoms with Crippen molar-refractivity contribution in [2.75, 3.05) is 0 Å². The van der Waals surface area contributed by atoms with Gasteiger partial charge in [0, 0.05) is 11.1 Å². The molecule has 12 heteroatoms. The average molecular weight is 727 g/mol. The van der Waals surface area contributed by atoms with Gasteiger partial charge in [-0.1, -0.05) is 114 Å². The van der Waals surface area contributed by atoms with E-state index in [4.69, 9.17) is 4.98 Å². The first-order chi connectivity index (χ1) is 27.3. The Morgan fingerprint density at radius 1 is 0.474 bits per heavy atom. The van der Waals surface area contributed by atoms with Crippen LogP contribution in [0.5, 0.6) is 0 Å². The van der Waals surface area contributed by atoms with Crippen LogP contribution in [0.1, 0.15) is 5.82 Å². The highest BCUT2D eigenvalue weighted by Gasteiger charge is 2.43. The van der Waals surface area contributed by atoms with Crippen LogP contribution in [-0.2, 0) is 5.50 Å². The van der Waals surface area contributed by atoms with Crippen molar-refractivity contribution in [1.82, 2.24) is 9.55 Å². The Morgan fingerprint density at radius 3 is 1.54 bits per heavy atom. The molecule has 1 heterocycles. The van der Waals surface area contributed by atoms with Crippen LogP contribution in [0, 0.1) is 0 Å². The van der Waals surface area contributed by atoms with E-state index in [2.05, 4.69) is 148 Å². The van der Waals surface area contributed by atoms with E-state index < -0.39 is 10.9 Å². The SMILES string of the molecule is Bc1c(B)c(B)c(-c2ccccc2-c2c3ccccc3c(-c3ccc4cc(-n5c(C(B)(O)C(B)(B)O)nc6ccccc65)ccc4c3)c3ccccc23)c(B)c1B. The van der Waals surface area contributed by atoms with Gasteiger partial charge in [-0.3, -0.25) is 4.57 Å². The van der Waals surface area contributed by atoms with Gasteiger partial charge in [-0.15, -0.1) is 16.4 Å². The number of hydrogen-bond acceptors (Lipinski definition) is 3. The monoisotopic (exact) mass is 728 g/mol. The van der Waals surface area contributed by atoms with Crippen molar-refractivity contribution in [3.63, 3.8) is 0 Å². The predicted octanol–water partition coefficient (Wildman–Crippen LogP) is -1.53. The summed E-state index contributed by atoms with van der Waals surface area (Å²) in [5.41, 5.74) is 15.1. The number of rotatable bonds is 6. The summed E-state index contributed by atoms with van der Waals surface area (Å²) < 4.78 is 1.97. The summed E-state index contributed by atoms with van der Waals surface area (Å²) in [6, 6.07) is 47.6. The molecule has 57 heavy (non-hydrogen) atoms. The number of hydrogen-bond donors (Lipinski definition) is 2. The number of aromatic nitrogens is 2. The standard InChI is InChI=1S/C45H40B8N2O2/c46-38-37(39(47)41(49)42(50)40(38)48)32-14-6-5-13-31(32)36-29-11-3-1-9-27(29)35(28-10-2-4-12-30(28)36)25-18-17-24-22-26(20-19-23(24)21-25)55-34-16-8-7-15-33(34)54-43(55)44(51,56)45(52,53)57/h1-22,56-57H,46-53H2. The molecular weight excluding hydrogens is 687 g/mol. The van der Waals surface area contributed by atoms with Gasteiger partial charge < -0.3 is 10.2 Å². The molecule has 1 aromatic heterocycles. The van der Waals surface area contributed by atoms with Crippen LogP contribution < -0.4 is 27.3 Å². The first-order valence-corrected chi connectivity index (χ1v) is 19.9. The zero-order chi connectivity index (χ0) is 40.0. The third-order valence-electron chi connectivity index (χ3n) is 13.0. The van der Waals surface area contributed by atoms with Crippen molar-refractivity contribution >= 4 is 133 Å². The Labute approximate surface area is 341 Å². The van der Waals surface area contributed by atoms with Crippen LogP contribution in [0.3, 0.4) is 0 Å². The van der Waals surface area contributed by atoms with Gasteiger partial charge in [0.25, 0.3) is 0 Å². The Bertz CT molecular complexity index is 3030. The number of benzene rings is 8. The molecule has 9 rings (SSSR count). The summed E-state index contributed by atoms with van der Waals surface area (Å²) in [5.74, 6) is 0.393. The number of para-hydroxylation sites is 2. The second-order valence-corrected chi connectivity index (χ2v) is 16.5. The molecule has 0 saturated carbocycles. The largest absolute Gasteiger partial charge is 0.405 e. The van der Waals surface area contributed by atoms with Crippen LogP contribution in [0.15, 0.2) is 133 Å². The summed E-state index contributed by atoms with van der Waals surface area (Å²) in [7, 11) is 16.2. The number of aliphatic hydroxyl groups is 2. The molecule has 1 atom stereocenters. The van der Waals surface area contributed by atoms with E-state index in [1.165, 1.54) is 76.7 Å². The first-order valence-electron chi connectivity index (χ1n) is 19.9. The lowest BCUT2D eigenvalue weighted by Crippen LogP contribution is -2.55. The van der Waals surface area contributed by atoms with E-state index in [9.17, 15) is 10.2 Å². The molecule has 0 aliphatic rings. The lowest BCUT2D eigenvalue weighted by Gasteiger charge is -2.36. The highest BCUT2D eigenvalue weighted by Crippen LogP contribution is 2.46. The molecule has 266 valence electrons. The molecule has 0 saturated heterocycles. The molecule has 2 N–H and O–H groups in total. The van der Waals surface area contributed by atoms with Crippen molar-refractivity contribution in [2.24, 2.45) is 0 Å². The zero-order valence-electron chi connectivity index (χ0n) is 34.0. The van der Waals surface area contributed by atoms with Gasteiger partial charge in [0.15, 0.2) is 7.85 Å².